The van der Waals surface area contributed by atoms with Crippen molar-refractivity contribution in [3.05, 3.63) is 17.2 Å². The van der Waals surface area contributed by atoms with Gasteiger partial charge in [0.2, 0.25) is 0 Å². The fourth-order valence-electron chi connectivity index (χ4n) is 1.74. The van der Waals surface area contributed by atoms with Crippen LogP contribution in [-0.4, -0.2) is 14.7 Å². The first-order valence-electron chi connectivity index (χ1n) is 5.15. The lowest BCUT2D eigenvalue weighted by atomic mass is 10.1. The molecule has 0 radical (unpaired) electrons. The molecule has 0 aliphatic heterocycles. The van der Waals surface area contributed by atoms with E-state index in [4.69, 9.17) is 0 Å². The lowest BCUT2D eigenvalue weighted by molar-refractivity contribution is 0.270. The minimum atomic E-state index is 0.0731. The summed E-state index contributed by atoms with van der Waals surface area (Å²) in [7, 11) is 1.97. The fraction of sp³-hybridized carbons (Fsp3) is 0.727. The Labute approximate surface area is 85.8 Å². The molecule has 14 heavy (non-hydrogen) atoms. The van der Waals surface area contributed by atoms with Crippen molar-refractivity contribution in [1.82, 2.24) is 9.55 Å². The molecule has 1 rings (SSSR count). The van der Waals surface area contributed by atoms with Crippen LogP contribution in [-0.2, 0) is 13.7 Å². The summed E-state index contributed by atoms with van der Waals surface area (Å²) in [5, 5.41) is 9.28. The highest BCUT2D eigenvalue weighted by Crippen LogP contribution is 2.23. The zero-order valence-electron chi connectivity index (χ0n) is 9.70. The van der Waals surface area contributed by atoms with Gasteiger partial charge in [-0.15, -0.1) is 0 Å². The van der Waals surface area contributed by atoms with Crippen LogP contribution in [0.15, 0.2) is 0 Å². The van der Waals surface area contributed by atoms with Crippen molar-refractivity contribution in [3.8, 4) is 0 Å². The Morgan fingerprint density at radius 1 is 1.21 bits per heavy atom. The van der Waals surface area contributed by atoms with E-state index in [9.17, 15) is 5.11 Å². The number of aromatic nitrogens is 2. The van der Waals surface area contributed by atoms with Gasteiger partial charge in [-0.1, -0.05) is 27.7 Å². The molecule has 0 aromatic carbocycles. The molecule has 3 heteroatoms. The number of aliphatic hydroxyl groups is 1. The topological polar surface area (TPSA) is 38.0 Å². The Kier molecular flexibility index (Phi) is 3.32. The van der Waals surface area contributed by atoms with Crippen molar-refractivity contribution >= 4 is 0 Å². The summed E-state index contributed by atoms with van der Waals surface area (Å²) in [4.78, 5) is 4.58. The summed E-state index contributed by atoms with van der Waals surface area (Å²) in [5.41, 5.74) is 1.97. The Morgan fingerprint density at radius 3 is 2.07 bits per heavy atom. The molecule has 0 aliphatic carbocycles. The Balaban J connectivity index is 3.24. The van der Waals surface area contributed by atoms with E-state index < -0.39 is 0 Å². The van der Waals surface area contributed by atoms with E-state index in [1.165, 1.54) is 0 Å². The second kappa shape index (κ2) is 4.13. The third-order valence-corrected chi connectivity index (χ3v) is 2.49. The predicted molar refractivity (Wildman–Crippen MR) is 57.3 cm³/mol. The molecule has 0 saturated carbocycles. The van der Waals surface area contributed by atoms with Crippen molar-refractivity contribution in [2.24, 2.45) is 7.05 Å². The molecule has 0 fully saturated rings. The summed E-state index contributed by atoms with van der Waals surface area (Å²) in [5.74, 6) is 1.83. The number of nitrogens with zero attached hydrogens (tertiary/aromatic N) is 2. The van der Waals surface area contributed by atoms with Crippen LogP contribution in [0.2, 0.25) is 0 Å². The molecule has 0 aliphatic rings. The average Bonchev–Trinajstić information content (AvgIpc) is 2.42. The molecular formula is C11H20N2O. The van der Waals surface area contributed by atoms with E-state index in [1.54, 1.807) is 0 Å². The Bertz CT molecular complexity index is 313. The molecule has 1 N–H and O–H groups in total. The zero-order chi connectivity index (χ0) is 10.9. The second-order valence-corrected chi connectivity index (χ2v) is 4.33. The SMILES string of the molecule is CC(C)c1nc(C(C)C)n(C)c1CO. The smallest absolute Gasteiger partial charge is 0.111 e. The van der Waals surface area contributed by atoms with Gasteiger partial charge >= 0.3 is 0 Å². The zero-order valence-corrected chi connectivity index (χ0v) is 9.70. The number of aliphatic hydroxyl groups excluding tert-OH is 1. The molecule has 1 heterocycles. The molecule has 1 aromatic rings. The van der Waals surface area contributed by atoms with E-state index in [0.717, 1.165) is 17.2 Å². The Morgan fingerprint density at radius 2 is 1.79 bits per heavy atom. The first-order chi connectivity index (χ1) is 6.49. The standard InChI is InChI=1S/C11H20N2O/c1-7(2)10-9(6-14)13(5)11(12-10)8(3)4/h7-8,14H,6H2,1-5H3. The summed E-state index contributed by atoms with van der Waals surface area (Å²) in [6, 6.07) is 0. The lowest BCUT2D eigenvalue weighted by Crippen LogP contribution is -2.04. The van der Waals surface area contributed by atoms with E-state index in [-0.39, 0.29) is 6.61 Å². The van der Waals surface area contributed by atoms with Crippen LogP contribution in [0.3, 0.4) is 0 Å². The van der Waals surface area contributed by atoms with Crippen LogP contribution >= 0.6 is 0 Å². The van der Waals surface area contributed by atoms with Crippen molar-refractivity contribution < 1.29 is 5.11 Å². The van der Waals surface area contributed by atoms with Gasteiger partial charge in [0, 0.05) is 13.0 Å². The maximum atomic E-state index is 9.28. The molecule has 80 valence electrons. The van der Waals surface area contributed by atoms with E-state index in [2.05, 4.69) is 32.7 Å². The van der Waals surface area contributed by atoms with E-state index in [0.29, 0.717) is 11.8 Å². The van der Waals surface area contributed by atoms with Crippen LogP contribution < -0.4 is 0 Å². The highest BCUT2D eigenvalue weighted by Gasteiger charge is 2.17. The third-order valence-electron chi connectivity index (χ3n) is 2.49. The molecule has 3 nitrogen and oxygen atoms in total. The quantitative estimate of drug-likeness (QED) is 0.804. The summed E-state index contributed by atoms with van der Waals surface area (Å²) >= 11 is 0. The minimum absolute atomic E-state index is 0.0731. The van der Waals surface area contributed by atoms with Gasteiger partial charge < -0.3 is 9.67 Å². The minimum Gasteiger partial charge on any atom is -0.390 e. The summed E-state index contributed by atoms with van der Waals surface area (Å²) in [6.07, 6.45) is 0. The van der Waals surface area contributed by atoms with Gasteiger partial charge in [-0.25, -0.2) is 4.98 Å². The monoisotopic (exact) mass is 196 g/mol. The van der Waals surface area contributed by atoms with Gasteiger partial charge in [-0.05, 0) is 5.92 Å². The van der Waals surface area contributed by atoms with Crippen molar-refractivity contribution in [2.45, 2.75) is 46.1 Å². The van der Waals surface area contributed by atoms with Crippen LogP contribution in [0.5, 0.6) is 0 Å². The first-order valence-corrected chi connectivity index (χ1v) is 5.15. The largest absolute Gasteiger partial charge is 0.390 e. The van der Waals surface area contributed by atoms with Gasteiger partial charge in [0.15, 0.2) is 0 Å². The Hall–Kier alpha value is -0.830. The molecular weight excluding hydrogens is 176 g/mol. The molecule has 1 aromatic heterocycles. The first kappa shape index (κ1) is 11.2. The van der Waals surface area contributed by atoms with Gasteiger partial charge in [-0.2, -0.15) is 0 Å². The fourth-order valence-corrected chi connectivity index (χ4v) is 1.74. The van der Waals surface area contributed by atoms with Crippen LogP contribution in [0.25, 0.3) is 0 Å². The van der Waals surface area contributed by atoms with Crippen LogP contribution in [0, 0.1) is 0 Å². The van der Waals surface area contributed by atoms with Crippen LogP contribution in [0.4, 0.5) is 0 Å². The summed E-state index contributed by atoms with van der Waals surface area (Å²) < 4.78 is 2.01. The molecule has 0 amide bonds. The van der Waals surface area contributed by atoms with Crippen molar-refractivity contribution in [2.75, 3.05) is 0 Å². The molecule has 0 saturated heterocycles. The lowest BCUT2D eigenvalue weighted by Gasteiger charge is -2.06. The molecule has 0 bridgehead atoms. The van der Waals surface area contributed by atoms with Gasteiger partial charge in [0.05, 0.1) is 18.0 Å². The number of hydrogen-bond acceptors (Lipinski definition) is 2. The molecule has 0 atom stereocenters. The normalized spacial score (nSPS) is 11.7. The van der Waals surface area contributed by atoms with Gasteiger partial charge in [0.25, 0.3) is 0 Å². The second-order valence-electron chi connectivity index (χ2n) is 4.33. The van der Waals surface area contributed by atoms with Gasteiger partial charge in [0.1, 0.15) is 5.82 Å². The van der Waals surface area contributed by atoms with Gasteiger partial charge in [-0.3, -0.25) is 0 Å². The third kappa shape index (κ3) is 1.82. The van der Waals surface area contributed by atoms with E-state index in [1.807, 2.05) is 11.6 Å². The predicted octanol–water partition coefficient (Wildman–Crippen LogP) is 2.16. The highest BCUT2D eigenvalue weighted by molar-refractivity contribution is 5.20. The van der Waals surface area contributed by atoms with Crippen molar-refractivity contribution in [1.29, 1.82) is 0 Å². The number of rotatable bonds is 3. The number of hydrogen-bond donors (Lipinski definition) is 1. The molecule has 0 unspecified atom stereocenters. The molecule has 0 spiro atoms. The maximum absolute atomic E-state index is 9.28. The highest BCUT2D eigenvalue weighted by atomic mass is 16.3. The average molecular weight is 196 g/mol. The maximum Gasteiger partial charge on any atom is 0.111 e. The van der Waals surface area contributed by atoms with Crippen LogP contribution in [0.1, 0.15) is 56.7 Å². The summed E-state index contributed by atoms with van der Waals surface area (Å²) in [6.45, 7) is 8.52. The van der Waals surface area contributed by atoms with Crippen molar-refractivity contribution in [3.63, 3.8) is 0 Å². The number of imidazole rings is 1. The van der Waals surface area contributed by atoms with E-state index >= 15 is 0 Å².